The van der Waals surface area contributed by atoms with Crippen molar-refractivity contribution in [3.8, 4) is 5.75 Å². The Morgan fingerprint density at radius 3 is 1.95 bits per heavy atom. The maximum absolute atomic E-state index is 14.6. The third-order valence-electron chi connectivity index (χ3n) is 7.73. The van der Waals surface area contributed by atoms with Gasteiger partial charge in [0.15, 0.2) is 5.78 Å². The number of benzene rings is 3. The molecule has 3 atom stereocenters. The molecule has 10 heteroatoms. The molecule has 0 aromatic heterocycles. The third kappa shape index (κ3) is 4.89. The van der Waals surface area contributed by atoms with Gasteiger partial charge in [-0.2, -0.15) is 0 Å². The number of ether oxygens (including phenoxy) is 3. The summed E-state index contributed by atoms with van der Waals surface area (Å²) < 4.78 is 43.4. The Morgan fingerprint density at radius 2 is 1.40 bits per heavy atom. The zero-order valence-corrected chi connectivity index (χ0v) is 23.1. The molecule has 8 nitrogen and oxygen atoms in total. The molecule has 216 valence electrons. The molecular formula is C32H28F2N2O6. The summed E-state index contributed by atoms with van der Waals surface area (Å²) in [5.41, 5.74) is 8.60. The molecular weight excluding hydrogens is 546 g/mol. The van der Waals surface area contributed by atoms with Crippen LogP contribution in [0.15, 0.2) is 95.5 Å². The summed E-state index contributed by atoms with van der Waals surface area (Å²) in [4.78, 5) is 42.6. The molecule has 5 rings (SSSR count). The van der Waals surface area contributed by atoms with Crippen molar-refractivity contribution in [3.05, 3.63) is 118 Å². The molecule has 3 aromatic rings. The number of methoxy groups -OCH3 is 3. The molecule has 3 aromatic carbocycles. The minimum Gasteiger partial charge on any atom is -0.497 e. The maximum atomic E-state index is 14.6. The van der Waals surface area contributed by atoms with E-state index in [0.29, 0.717) is 28.3 Å². The van der Waals surface area contributed by atoms with Gasteiger partial charge in [-0.1, -0.05) is 24.3 Å². The van der Waals surface area contributed by atoms with Crippen molar-refractivity contribution in [1.29, 1.82) is 0 Å². The molecule has 0 bridgehead atoms. The van der Waals surface area contributed by atoms with Crippen molar-refractivity contribution in [2.45, 2.75) is 18.3 Å². The highest BCUT2D eigenvalue weighted by Crippen LogP contribution is 2.51. The average Bonchev–Trinajstić information content (AvgIpc) is 3.01. The monoisotopic (exact) mass is 574 g/mol. The number of esters is 2. The minimum atomic E-state index is -1.27. The molecule has 2 N–H and O–H groups in total. The predicted octanol–water partition coefficient (Wildman–Crippen LogP) is 4.72. The summed E-state index contributed by atoms with van der Waals surface area (Å²) in [6.07, 6.45) is 0.122. The first-order valence-corrected chi connectivity index (χ1v) is 13.1. The first kappa shape index (κ1) is 28.5. The Bertz CT molecular complexity index is 1600. The van der Waals surface area contributed by atoms with Crippen LogP contribution in [-0.2, 0) is 23.9 Å². The van der Waals surface area contributed by atoms with Crippen LogP contribution in [0.4, 0.5) is 14.5 Å². The van der Waals surface area contributed by atoms with Gasteiger partial charge in [-0.25, -0.2) is 13.6 Å². The van der Waals surface area contributed by atoms with Gasteiger partial charge in [-0.05, 0) is 66.1 Å². The number of halogens is 2. The smallest absolute Gasteiger partial charge is 0.338 e. The van der Waals surface area contributed by atoms with E-state index in [4.69, 9.17) is 19.9 Å². The summed E-state index contributed by atoms with van der Waals surface area (Å²) in [6, 6.07) is 17.7. The number of carbonyl (C=O) groups excluding carboxylic acids is 3. The van der Waals surface area contributed by atoms with Crippen LogP contribution in [0.1, 0.15) is 29.4 Å². The van der Waals surface area contributed by atoms with Crippen LogP contribution >= 0.6 is 0 Å². The minimum absolute atomic E-state index is 0.0423. The highest BCUT2D eigenvalue weighted by atomic mass is 19.1. The first-order valence-electron chi connectivity index (χ1n) is 13.1. The number of nitrogens with zero attached hydrogens (tertiary/aromatic N) is 1. The molecule has 0 spiro atoms. The van der Waals surface area contributed by atoms with Gasteiger partial charge >= 0.3 is 11.9 Å². The van der Waals surface area contributed by atoms with Crippen molar-refractivity contribution in [2.75, 3.05) is 26.2 Å². The van der Waals surface area contributed by atoms with Gasteiger partial charge in [0.2, 0.25) is 0 Å². The molecule has 2 aliphatic rings. The lowest BCUT2D eigenvalue weighted by atomic mass is 9.67. The topological polar surface area (TPSA) is 108 Å². The summed E-state index contributed by atoms with van der Waals surface area (Å²) in [6.45, 7) is 0. The summed E-state index contributed by atoms with van der Waals surface area (Å²) in [5.74, 6) is -5.65. The van der Waals surface area contributed by atoms with Gasteiger partial charge in [0.25, 0.3) is 0 Å². The Morgan fingerprint density at radius 1 is 0.833 bits per heavy atom. The maximum Gasteiger partial charge on any atom is 0.338 e. The van der Waals surface area contributed by atoms with E-state index in [-0.39, 0.29) is 23.4 Å². The van der Waals surface area contributed by atoms with Crippen molar-refractivity contribution in [2.24, 2.45) is 11.7 Å². The number of allylic oxidation sites excluding steroid dienone is 2. The Kier molecular flexibility index (Phi) is 7.80. The van der Waals surface area contributed by atoms with Gasteiger partial charge < -0.3 is 19.9 Å². The van der Waals surface area contributed by atoms with Gasteiger partial charge in [0.05, 0.1) is 32.8 Å². The van der Waals surface area contributed by atoms with Crippen molar-refractivity contribution in [1.82, 2.24) is 0 Å². The molecule has 1 aliphatic heterocycles. The number of hydrogen-bond donors (Lipinski definition) is 1. The highest BCUT2D eigenvalue weighted by molar-refractivity contribution is 6.14. The zero-order valence-electron chi connectivity index (χ0n) is 23.1. The van der Waals surface area contributed by atoms with E-state index < -0.39 is 47.1 Å². The Labute approximate surface area is 241 Å². The standard InChI is InChI=1S/C32H28F2N2O6/c1-40-22-14-6-17(7-15-22)23-16-24-27(29(37)26(23)31(38)41-2)25(18-4-8-19(33)9-5-18)28(32(39)42-3)30(35)36(24)21-12-10-20(34)11-13-21/h4-15,23,25-26H,16,35H2,1-3H3/t23-,25+,26+/m0/s1. The van der Waals surface area contributed by atoms with Gasteiger partial charge in [0, 0.05) is 22.9 Å². The van der Waals surface area contributed by atoms with Gasteiger partial charge in [-0.15, -0.1) is 0 Å². The van der Waals surface area contributed by atoms with Gasteiger partial charge in [-0.3, -0.25) is 14.5 Å². The van der Waals surface area contributed by atoms with Crippen LogP contribution in [0.5, 0.6) is 5.75 Å². The number of anilines is 1. The number of Topliss-reactive ketones (excluding diaryl/α,β-unsaturated/α-hetero) is 1. The van der Waals surface area contributed by atoms with Crippen molar-refractivity contribution < 1.29 is 37.4 Å². The second-order valence-corrected chi connectivity index (χ2v) is 9.90. The Balaban J connectivity index is 1.80. The van der Waals surface area contributed by atoms with Crippen LogP contribution in [0.3, 0.4) is 0 Å². The van der Waals surface area contributed by atoms with Crippen LogP contribution in [-0.4, -0.2) is 39.1 Å². The van der Waals surface area contributed by atoms with E-state index >= 15 is 0 Å². The summed E-state index contributed by atoms with van der Waals surface area (Å²) in [5, 5.41) is 0. The van der Waals surface area contributed by atoms with E-state index in [2.05, 4.69) is 0 Å². The van der Waals surface area contributed by atoms with Gasteiger partial charge in [0.1, 0.15) is 29.1 Å². The number of rotatable bonds is 6. The highest BCUT2D eigenvalue weighted by Gasteiger charge is 2.51. The first-order chi connectivity index (χ1) is 20.2. The quantitative estimate of drug-likeness (QED) is 0.333. The second kappa shape index (κ2) is 11.5. The fourth-order valence-corrected chi connectivity index (χ4v) is 5.77. The summed E-state index contributed by atoms with van der Waals surface area (Å²) in [7, 11) is 3.90. The number of carbonyl (C=O) groups is 3. The van der Waals surface area contributed by atoms with Crippen molar-refractivity contribution >= 4 is 23.4 Å². The summed E-state index contributed by atoms with van der Waals surface area (Å²) >= 11 is 0. The van der Waals surface area contributed by atoms with Crippen LogP contribution in [0.25, 0.3) is 0 Å². The van der Waals surface area contributed by atoms with Crippen molar-refractivity contribution in [3.63, 3.8) is 0 Å². The lowest BCUT2D eigenvalue weighted by Gasteiger charge is -2.44. The predicted molar refractivity (Wildman–Crippen MR) is 149 cm³/mol. The number of hydrogen-bond acceptors (Lipinski definition) is 8. The average molecular weight is 575 g/mol. The molecule has 0 saturated carbocycles. The van der Waals surface area contributed by atoms with Crippen LogP contribution < -0.4 is 15.4 Å². The second-order valence-electron chi connectivity index (χ2n) is 9.90. The van der Waals surface area contributed by atoms with Crippen LogP contribution in [0, 0.1) is 17.6 Å². The number of nitrogens with two attached hydrogens (primary N) is 1. The molecule has 0 amide bonds. The zero-order chi connectivity index (χ0) is 30.1. The largest absolute Gasteiger partial charge is 0.497 e. The third-order valence-corrected chi connectivity index (χ3v) is 7.73. The molecule has 1 heterocycles. The van der Waals surface area contributed by atoms with Crippen LogP contribution in [0.2, 0.25) is 0 Å². The SMILES string of the molecule is COC(=O)C1=C(N)N(c2ccc(F)cc2)C2=C(C(=O)[C@H](C(=O)OC)[C@H](c3ccc(OC)cc3)C2)[C@H]1c1ccc(F)cc1. The lowest BCUT2D eigenvalue weighted by molar-refractivity contribution is -0.150. The Hall–Kier alpha value is -4.99. The molecule has 42 heavy (non-hydrogen) atoms. The molecule has 0 saturated heterocycles. The molecule has 0 radical (unpaired) electrons. The molecule has 0 unspecified atom stereocenters. The van der Waals surface area contributed by atoms with E-state index in [9.17, 15) is 23.2 Å². The fourth-order valence-electron chi connectivity index (χ4n) is 5.77. The van der Waals surface area contributed by atoms with E-state index in [1.807, 2.05) is 0 Å². The van der Waals surface area contributed by atoms with E-state index in [0.717, 1.165) is 0 Å². The molecule has 1 aliphatic carbocycles. The molecule has 0 fully saturated rings. The number of ketones is 1. The fraction of sp³-hybridized carbons (Fsp3) is 0.219. The normalized spacial score (nSPS) is 20.3. The van der Waals surface area contributed by atoms with E-state index in [1.165, 1.54) is 74.8 Å². The van der Waals surface area contributed by atoms with E-state index in [1.54, 1.807) is 24.3 Å². The lowest BCUT2D eigenvalue weighted by Crippen LogP contribution is -2.46.